The number of imidazole rings is 1. The van der Waals surface area contributed by atoms with Crippen molar-refractivity contribution in [1.82, 2.24) is 19.4 Å². The molecule has 0 atom stereocenters. The second kappa shape index (κ2) is 4.93. The van der Waals surface area contributed by atoms with Crippen molar-refractivity contribution in [3.63, 3.8) is 0 Å². The highest BCUT2D eigenvalue weighted by atomic mass is 16.5. The van der Waals surface area contributed by atoms with Gasteiger partial charge in [-0.25, -0.2) is 4.98 Å². The van der Waals surface area contributed by atoms with Crippen molar-refractivity contribution in [2.45, 2.75) is 6.92 Å². The smallest absolute Gasteiger partial charge is 0.265 e. The van der Waals surface area contributed by atoms with Crippen LogP contribution in [0.5, 0.6) is 11.6 Å². The minimum absolute atomic E-state index is 0.455. The minimum Gasteiger partial charge on any atom is -0.434 e. The van der Waals surface area contributed by atoms with E-state index in [0.29, 0.717) is 17.3 Å². The maximum atomic E-state index is 5.74. The Morgan fingerprint density at radius 3 is 3.11 bits per heavy atom. The summed E-state index contributed by atoms with van der Waals surface area (Å²) in [4.78, 5) is 12.7. The van der Waals surface area contributed by atoms with Crippen molar-refractivity contribution in [2.24, 2.45) is 0 Å². The molecule has 0 saturated carbocycles. The molecule has 1 N–H and O–H groups in total. The van der Waals surface area contributed by atoms with E-state index in [1.807, 2.05) is 35.9 Å². The van der Waals surface area contributed by atoms with Crippen LogP contribution in [0.15, 0.2) is 43.1 Å². The second-order valence-corrected chi connectivity index (χ2v) is 3.91. The third-order valence-electron chi connectivity index (χ3n) is 2.55. The first-order valence-corrected chi connectivity index (χ1v) is 6.02. The third kappa shape index (κ3) is 2.33. The SMILES string of the molecule is CCNc1cn2ccnc2c(Oc2cccnc2)n1. The molecular formula is C13H13N5O. The molecule has 0 bridgehead atoms. The Balaban J connectivity index is 2.03. The van der Waals surface area contributed by atoms with Crippen molar-refractivity contribution >= 4 is 11.5 Å². The molecule has 0 unspecified atom stereocenters. The molecule has 0 saturated heterocycles. The summed E-state index contributed by atoms with van der Waals surface area (Å²) in [5, 5.41) is 3.16. The van der Waals surface area contributed by atoms with E-state index in [4.69, 9.17) is 4.74 Å². The van der Waals surface area contributed by atoms with E-state index in [0.717, 1.165) is 12.4 Å². The van der Waals surface area contributed by atoms with Gasteiger partial charge in [0.15, 0.2) is 0 Å². The maximum absolute atomic E-state index is 5.74. The Morgan fingerprint density at radius 1 is 1.37 bits per heavy atom. The molecule has 0 aromatic carbocycles. The molecule has 3 heterocycles. The Labute approximate surface area is 110 Å². The molecule has 0 aliphatic rings. The van der Waals surface area contributed by atoms with Crippen LogP contribution in [0.2, 0.25) is 0 Å². The van der Waals surface area contributed by atoms with Crippen LogP contribution in [0, 0.1) is 0 Å². The molecule has 0 radical (unpaired) electrons. The number of hydrogen-bond acceptors (Lipinski definition) is 5. The van der Waals surface area contributed by atoms with E-state index < -0.39 is 0 Å². The highest BCUT2D eigenvalue weighted by Crippen LogP contribution is 2.24. The Morgan fingerprint density at radius 2 is 2.32 bits per heavy atom. The average molecular weight is 255 g/mol. The van der Waals surface area contributed by atoms with Crippen LogP contribution < -0.4 is 10.1 Å². The third-order valence-corrected chi connectivity index (χ3v) is 2.55. The average Bonchev–Trinajstić information content (AvgIpc) is 2.89. The lowest BCUT2D eigenvalue weighted by molar-refractivity contribution is 0.463. The van der Waals surface area contributed by atoms with Crippen LogP contribution in [-0.4, -0.2) is 25.9 Å². The quantitative estimate of drug-likeness (QED) is 0.775. The molecule has 19 heavy (non-hydrogen) atoms. The number of ether oxygens (including phenoxy) is 1. The zero-order valence-corrected chi connectivity index (χ0v) is 10.4. The predicted octanol–water partition coefficient (Wildman–Crippen LogP) is 2.35. The number of anilines is 1. The summed E-state index contributed by atoms with van der Waals surface area (Å²) in [5.41, 5.74) is 0.672. The van der Waals surface area contributed by atoms with Crippen molar-refractivity contribution in [1.29, 1.82) is 0 Å². The summed E-state index contributed by atoms with van der Waals surface area (Å²) in [6.45, 7) is 2.81. The molecule has 0 aliphatic carbocycles. The fourth-order valence-corrected chi connectivity index (χ4v) is 1.76. The molecule has 3 aromatic heterocycles. The summed E-state index contributed by atoms with van der Waals surface area (Å²) in [6, 6.07) is 3.64. The summed E-state index contributed by atoms with van der Waals surface area (Å²) in [5.74, 6) is 1.83. The Bertz CT molecular complexity index is 680. The van der Waals surface area contributed by atoms with E-state index in [9.17, 15) is 0 Å². The predicted molar refractivity (Wildman–Crippen MR) is 71.5 cm³/mol. The van der Waals surface area contributed by atoms with Crippen LogP contribution in [0.25, 0.3) is 5.65 Å². The molecular weight excluding hydrogens is 242 g/mol. The van der Waals surface area contributed by atoms with Crippen LogP contribution >= 0.6 is 0 Å². The van der Waals surface area contributed by atoms with E-state index >= 15 is 0 Å². The summed E-state index contributed by atoms with van der Waals surface area (Å²) >= 11 is 0. The zero-order chi connectivity index (χ0) is 13.1. The largest absolute Gasteiger partial charge is 0.434 e. The van der Waals surface area contributed by atoms with Gasteiger partial charge in [0.1, 0.15) is 11.6 Å². The van der Waals surface area contributed by atoms with Gasteiger partial charge in [0, 0.05) is 25.1 Å². The van der Waals surface area contributed by atoms with E-state index in [1.165, 1.54) is 0 Å². The van der Waals surface area contributed by atoms with E-state index in [-0.39, 0.29) is 0 Å². The van der Waals surface area contributed by atoms with Gasteiger partial charge in [0.25, 0.3) is 5.88 Å². The number of aromatic nitrogens is 4. The van der Waals surface area contributed by atoms with Crippen molar-refractivity contribution < 1.29 is 4.74 Å². The van der Waals surface area contributed by atoms with Gasteiger partial charge in [0.05, 0.1) is 12.4 Å². The second-order valence-electron chi connectivity index (χ2n) is 3.91. The van der Waals surface area contributed by atoms with Gasteiger partial charge in [-0.1, -0.05) is 0 Å². The van der Waals surface area contributed by atoms with Gasteiger partial charge in [-0.15, -0.1) is 0 Å². The minimum atomic E-state index is 0.455. The number of nitrogens with zero attached hydrogens (tertiary/aromatic N) is 4. The first-order chi connectivity index (χ1) is 9.36. The van der Waals surface area contributed by atoms with Crippen LogP contribution in [0.1, 0.15) is 6.92 Å². The molecule has 6 heteroatoms. The molecule has 0 spiro atoms. The number of nitrogens with one attached hydrogen (secondary N) is 1. The first kappa shape index (κ1) is 11.5. The fraction of sp³-hybridized carbons (Fsp3) is 0.154. The van der Waals surface area contributed by atoms with Gasteiger partial charge in [-0.3, -0.25) is 9.38 Å². The maximum Gasteiger partial charge on any atom is 0.265 e. The summed E-state index contributed by atoms with van der Waals surface area (Å²) < 4.78 is 7.61. The van der Waals surface area contributed by atoms with Crippen LogP contribution in [-0.2, 0) is 0 Å². The van der Waals surface area contributed by atoms with Gasteiger partial charge >= 0.3 is 0 Å². The zero-order valence-electron chi connectivity index (χ0n) is 10.4. The first-order valence-electron chi connectivity index (χ1n) is 6.02. The van der Waals surface area contributed by atoms with Crippen molar-refractivity contribution in [2.75, 3.05) is 11.9 Å². The number of hydrogen-bond donors (Lipinski definition) is 1. The summed E-state index contributed by atoms with van der Waals surface area (Å²) in [6.07, 6.45) is 8.78. The lowest BCUT2D eigenvalue weighted by Crippen LogP contribution is -2.03. The van der Waals surface area contributed by atoms with E-state index in [2.05, 4.69) is 20.3 Å². The molecule has 3 aromatic rings. The van der Waals surface area contributed by atoms with Gasteiger partial charge < -0.3 is 10.1 Å². The molecule has 0 amide bonds. The highest BCUT2D eigenvalue weighted by molar-refractivity contribution is 5.54. The number of rotatable bonds is 4. The molecule has 0 fully saturated rings. The topological polar surface area (TPSA) is 64.3 Å². The summed E-state index contributed by atoms with van der Waals surface area (Å²) in [7, 11) is 0. The highest BCUT2D eigenvalue weighted by Gasteiger charge is 2.09. The lowest BCUT2D eigenvalue weighted by Gasteiger charge is -2.08. The standard InChI is InChI=1S/C13H13N5O/c1-2-15-11-9-18-7-6-16-12(18)13(17-11)19-10-4-3-5-14-8-10/h3-9,15H,2H2,1H3. The number of pyridine rings is 1. The van der Waals surface area contributed by atoms with Gasteiger partial charge in [0.2, 0.25) is 5.65 Å². The fourth-order valence-electron chi connectivity index (χ4n) is 1.76. The lowest BCUT2D eigenvalue weighted by atomic mass is 10.5. The molecule has 96 valence electrons. The van der Waals surface area contributed by atoms with E-state index in [1.54, 1.807) is 18.6 Å². The normalized spacial score (nSPS) is 10.6. The van der Waals surface area contributed by atoms with Crippen LogP contribution in [0.3, 0.4) is 0 Å². The molecule has 3 rings (SSSR count). The van der Waals surface area contributed by atoms with Crippen LogP contribution in [0.4, 0.5) is 5.82 Å². The molecule has 6 nitrogen and oxygen atoms in total. The Hall–Kier alpha value is -2.63. The van der Waals surface area contributed by atoms with Gasteiger partial charge in [-0.2, -0.15) is 4.98 Å². The van der Waals surface area contributed by atoms with Crippen molar-refractivity contribution in [3.8, 4) is 11.6 Å². The van der Waals surface area contributed by atoms with Gasteiger partial charge in [-0.05, 0) is 19.1 Å². The number of fused-ring (bicyclic) bond motifs is 1. The molecule has 0 aliphatic heterocycles. The Kier molecular flexibility index (Phi) is 2.97. The van der Waals surface area contributed by atoms with Crippen molar-refractivity contribution in [3.05, 3.63) is 43.1 Å². The monoisotopic (exact) mass is 255 g/mol.